The van der Waals surface area contributed by atoms with Crippen molar-refractivity contribution in [3.63, 3.8) is 0 Å². The lowest BCUT2D eigenvalue weighted by Gasteiger charge is -2.17. The second kappa shape index (κ2) is 8.22. The van der Waals surface area contributed by atoms with Crippen molar-refractivity contribution in [2.24, 2.45) is 5.73 Å². The first-order valence-electron chi connectivity index (χ1n) is 8.09. The van der Waals surface area contributed by atoms with Crippen molar-refractivity contribution < 1.29 is 9.59 Å². The average Bonchev–Trinajstić information content (AvgIpc) is 2.99. The number of carbonyl (C=O) groups is 2. The molecule has 2 amide bonds. The number of likely N-dealkylation sites (N-methyl/N-ethyl adjacent to an activating group) is 1. The summed E-state index contributed by atoms with van der Waals surface area (Å²) in [7, 11) is 1.60. The molecule has 0 saturated heterocycles. The fourth-order valence-electron chi connectivity index (χ4n) is 2.69. The minimum atomic E-state index is -0.271. The predicted molar refractivity (Wildman–Crippen MR) is 101 cm³/mol. The quantitative estimate of drug-likeness (QED) is 0.827. The highest BCUT2D eigenvalue weighted by Crippen LogP contribution is 2.21. The van der Waals surface area contributed by atoms with E-state index >= 15 is 0 Å². The van der Waals surface area contributed by atoms with Gasteiger partial charge in [0.1, 0.15) is 5.69 Å². The van der Waals surface area contributed by atoms with E-state index in [2.05, 4.69) is 10.3 Å². The maximum Gasteiger partial charge on any atom is 0.273 e. The van der Waals surface area contributed by atoms with Gasteiger partial charge in [-0.1, -0.05) is 17.7 Å². The highest BCUT2D eigenvalue weighted by molar-refractivity contribution is 7.09. The van der Waals surface area contributed by atoms with Gasteiger partial charge in [-0.15, -0.1) is 11.3 Å². The number of amides is 2. The summed E-state index contributed by atoms with van der Waals surface area (Å²) in [6.45, 7) is 6.40. The number of rotatable bonds is 6. The van der Waals surface area contributed by atoms with Gasteiger partial charge in [-0.2, -0.15) is 0 Å². The third-order valence-corrected chi connectivity index (χ3v) is 4.71. The first-order valence-corrected chi connectivity index (χ1v) is 8.97. The molecular weight excluding hydrogens is 336 g/mol. The Balaban J connectivity index is 2.01. The molecule has 1 heterocycles. The van der Waals surface area contributed by atoms with Gasteiger partial charge in [0.15, 0.2) is 0 Å². The Labute approximate surface area is 152 Å². The zero-order valence-corrected chi connectivity index (χ0v) is 15.9. The molecule has 25 heavy (non-hydrogen) atoms. The van der Waals surface area contributed by atoms with Crippen molar-refractivity contribution in [2.45, 2.75) is 27.2 Å². The molecule has 2 rings (SSSR count). The van der Waals surface area contributed by atoms with E-state index in [1.54, 1.807) is 12.4 Å². The molecule has 0 aliphatic carbocycles. The van der Waals surface area contributed by atoms with Crippen LogP contribution in [0.1, 0.15) is 32.2 Å². The highest BCUT2D eigenvalue weighted by Gasteiger charge is 2.18. The molecule has 0 fully saturated rings. The lowest BCUT2D eigenvalue weighted by molar-refractivity contribution is -0.116. The molecule has 0 aliphatic heterocycles. The van der Waals surface area contributed by atoms with Gasteiger partial charge < -0.3 is 16.0 Å². The van der Waals surface area contributed by atoms with Crippen molar-refractivity contribution in [3.8, 4) is 0 Å². The van der Waals surface area contributed by atoms with Gasteiger partial charge in [0.2, 0.25) is 5.91 Å². The first kappa shape index (κ1) is 19.1. The number of nitrogens with zero attached hydrogens (tertiary/aromatic N) is 2. The van der Waals surface area contributed by atoms with Gasteiger partial charge in [0.25, 0.3) is 5.91 Å². The maximum atomic E-state index is 12.4. The van der Waals surface area contributed by atoms with Crippen LogP contribution in [-0.2, 0) is 11.2 Å². The van der Waals surface area contributed by atoms with Crippen LogP contribution < -0.4 is 11.1 Å². The summed E-state index contributed by atoms with van der Waals surface area (Å²) < 4.78 is 0. The second-order valence-electron chi connectivity index (χ2n) is 6.15. The third kappa shape index (κ3) is 4.87. The molecule has 1 aromatic carbocycles. The molecule has 0 radical (unpaired) electrons. The fourth-order valence-corrected chi connectivity index (χ4v) is 3.47. The number of aryl methyl sites for hydroxylation is 3. The van der Waals surface area contributed by atoms with Crippen molar-refractivity contribution in [3.05, 3.63) is 44.9 Å². The molecule has 6 nitrogen and oxygen atoms in total. The number of nitrogens with one attached hydrogen (secondary N) is 1. The summed E-state index contributed by atoms with van der Waals surface area (Å²) in [5.74, 6) is -0.504. The summed E-state index contributed by atoms with van der Waals surface area (Å²) >= 11 is 1.41. The van der Waals surface area contributed by atoms with Crippen molar-refractivity contribution >= 4 is 28.8 Å². The molecule has 2 aromatic rings. The Morgan fingerprint density at radius 1 is 1.24 bits per heavy atom. The van der Waals surface area contributed by atoms with Crippen molar-refractivity contribution in [1.82, 2.24) is 9.88 Å². The number of thiazole rings is 1. The van der Waals surface area contributed by atoms with Crippen LogP contribution in [0.5, 0.6) is 0 Å². The molecule has 0 atom stereocenters. The minimum Gasteiger partial charge on any atom is -0.331 e. The number of aromatic nitrogens is 1. The molecule has 0 saturated carbocycles. The largest absolute Gasteiger partial charge is 0.331 e. The summed E-state index contributed by atoms with van der Waals surface area (Å²) in [4.78, 5) is 30.3. The van der Waals surface area contributed by atoms with Gasteiger partial charge in [-0.05, 0) is 38.4 Å². The molecule has 3 N–H and O–H groups in total. The second-order valence-corrected chi connectivity index (χ2v) is 7.09. The lowest BCUT2D eigenvalue weighted by Crippen LogP contribution is -2.35. The van der Waals surface area contributed by atoms with E-state index in [1.807, 2.05) is 32.9 Å². The molecular formula is C18H24N4O2S. The van der Waals surface area contributed by atoms with E-state index in [0.29, 0.717) is 18.7 Å². The van der Waals surface area contributed by atoms with Crippen LogP contribution in [0.15, 0.2) is 17.5 Å². The third-order valence-electron chi connectivity index (χ3n) is 3.80. The van der Waals surface area contributed by atoms with Gasteiger partial charge in [-0.25, -0.2) is 4.98 Å². The van der Waals surface area contributed by atoms with Crippen LogP contribution in [0.2, 0.25) is 0 Å². The molecule has 0 bridgehead atoms. The van der Waals surface area contributed by atoms with Crippen LogP contribution in [0, 0.1) is 20.8 Å². The first-order chi connectivity index (χ1) is 11.8. The van der Waals surface area contributed by atoms with Crippen molar-refractivity contribution in [2.75, 3.05) is 25.5 Å². The zero-order chi connectivity index (χ0) is 18.6. The van der Waals surface area contributed by atoms with Crippen LogP contribution >= 0.6 is 11.3 Å². The van der Waals surface area contributed by atoms with Gasteiger partial charge in [0, 0.05) is 24.5 Å². The van der Waals surface area contributed by atoms with Crippen molar-refractivity contribution in [1.29, 1.82) is 0 Å². The van der Waals surface area contributed by atoms with Gasteiger partial charge in [-0.3, -0.25) is 9.59 Å². The SMILES string of the molecule is Cc1cc(C)c(NC(=O)CN(C)C(=O)c2csc(CCN)n2)c(C)c1. The Bertz CT molecular complexity index is 762. The molecule has 7 heteroatoms. The van der Waals surface area contributed by atoms with Gasteiger partial charge in [0.05, 0.1) is 11.6 Å². The Morgan fingerprint density at radius 2 is 1.88 bits per heavy atom. The topological polar surface area (TPSA) is 88.3 Å². The van der Waals surface area contributed by atoms with Crippen LogP contribution in [0.25, 0.3) is 0 Å². The van der Waals surface area contributed by atoms with E-state index in [1.165, 1.54) is 16.2 Å². The standard InChI is InChI=1S/C18H24N4O2S/c1-11-7-12(2)17(13(3)8-11)21-15(23)9-22(4)18(24)14-10-25-16(20-14)5-6-19/h7-8,10H,5-6,9,19H2,1-4H3,(H,21,23). The molecule has 0 spiro atoms. The number of carbonyl (C=O) groups excluding carboxylic acids is 2. The Morgan fingerprint density at radius 3 is 2.48 bits per heavy atom. The summed E-state index contributed by atoms with van der Waals surface area (Å²) in [5, 5.41) is 5.43. The van der Waals surface area contributed by atoms with Gasteiger partial charge >= 0.3 is 0 Å². The van der Waals surface area contributed by atoms with E-state index in [4.69, 9.17) is 5.73 Å². The summed E-state index contributed by atoms with van der Waals surface area (Å²) in [5.41, 5.74) is 9.81. The highest BCUT2D eigenvalue weighted by atomic mass is 32.1. The smallest absolute Gasteiger partial charge is 0.273 e. The predicted octanol–water partition coefficient (Wildman–Crippen LogP) is 2.28. The number of hydrogen-bond acceptors (Lipinski definition) is 5. The average molecular weight is 360 g/mol. The Kier molecular flexibility index (Phi) is 6.27. The Hall–Kier alpha value is -2.25. The van der Waals surface area contributed by atoms with E-state index in [9.17, 15) is 9.59 Å². The number of benzene rings is 1. The maximum absolute atomic E-state index is 12.4. The molecule has 134 valence electrons. The molecule has 0 unspecified atom stereocenters. The van der Waals surface area contributed by atoms with E-state index in [-0.39, 0.29) is 18.4 Å². The monoisotopic (exact) mass is 360 g/mol. The minimum absolute atomic E-state index is 0.0324. The number of nitrogens with two attached hydrogens (primary N) is 1. The van der Waals surface area contributed by atoms with E-state index in [0.717, 1.165) is 27.4 Å². The van der Waals surface area contributed by atoms with Crippen LogP contribution in [0.3, 0.4) is 0 Å². The summed E-state index contributed by atoms with van der Waals surface area (Å²) in [6.07, 6.45) is 0.647. The fraction of sp³-hybridized carbons (Fsp3) is 0.389. The summed E-state index contributed by atoms with van der Waals surface area (Å²) in [6, 6.07) is 4.04. The lowest BCUT2D eigenvalue weighted by atomic mass is 10.1. The van der Waals surface area contributed by atoms with Crippen LogP contribution in [-0.4, -0.2) is 41.8 Å². The zero-order valence-electron chi connectivity index (χ0n) is 15.0. The normalized spacial score (nSPS) is 10.6. The van der Waals surface area contributed by atoms with E-state index < -0.39 is 0 Å². The molecule has 0 aliphatic rings. The number of anilines is 1. The molecule has 1 aromatic heterocycles. The number of hydrogen-bond donors (Lipinski definition) is 2. The van der Waals surface area contributed by atoms with Crippen LogP contribution in [0.4, 0.5) is 5.69 Å².